The van der Waals surface area contributed by atoms with Crippen LogP contribution in [0.5, 0.6) is 0 Å². The topological polar surface area (TPSA) is 45.2 Å². The molecule has 0 saturated carbocycles. The van der Waals surface area contributed by atoms with Crippen LogP contribution < -0.4 is 5.32 Å². The number of piperidine rings is 1. The molecule has 104 valence electrons. The predicted octanol–water partition coefficient (Wildman–Crippen LogP) is 2.34. The van der Waals surface area contributed by atoms with Gasteiger partial charge in [0.25, 0.3) is 5.91 Å². The van der Waals surface area contributed by atoms with E-state index in [9.17, 15) is 4.79 Å². The Morgan fingerprint density at radius 1 is 1.53 bits per heavy atom. The van der Waals surface area contributed by atoms with Crippen LogP contribution >= 0.6 is 11.6 Å². The number of nitrogens with one attached hydrogen (secondary N) is 1. The van der Waals surface area contributed by atoms with Crippen LogP contribution in [0.1, 0.15) is 36.5 Å². The summed E-state index contributed by atoms with van der Waals surface area (Å²) in [7, 11) is 0. The molecule has 0 atom stereocenters. The van der Waals surface area contributed by atoms with Crippen LogP contribution in [0, 0.1) is 0 Å². The van der Waals surface area contributed by atoms with E-state index in [4.69, 9.17) is 11.6 Å². The van der Waals surface area contributed by atoms with Crippen molar-refractivity contribution in [3.8, 4) is 0 Å². The van der Waals surface area contributed by atoms with Crippen molar-refractivity contribution in [3.63, 3.8) is 0 Å². The standard InChI is InChI=1S/C14H20ClN3O/c1-2-9-18(11-3-6-16-7-4-11)14(19)12-5-8-17-10-13(12)15/h5,8,10-11,16H,2-4,6-7,9H2,1H3. The number of hydrogen-bond donors (Lipinski definition) is 1. The fourth-order valence-corrected chi connectivity index (χ4v) is 2.71. The Kier molecular flexibility index (Phi) is 5.16. The Hall–Kier alpha value is -1.13. The lowest BCUT2D eigenvalue weighted by Crippen LogP contribution is -2.46. The van der Waals surface area contributed by atoms with Gasteiger partial charge in [-0.3, -0.25) is 9.78 Å². The number of carbonyl (C=O) groups is 1. The van der Waals surface area contributed by atoms with Gasteiger partial charge in [-0.05, 0) is 38.4 Å². The van der Waals surface area contributed by atoms with Crippen molar-refractivity contribution >= 4 is 17.5 Å². The third-order valence-electron chi connectivity index (χ3n) is 3.48. The van der Waals surface area contributed by atoms with E-state index in [1.165, 1.54) is 6.20 Å². The van der Waals surface area contributed by atoms with Crippen molar-refractivity contribution in [2.75, 3.05) is 19.6 Å². The summed E-state index contributed by atoms with van der Waals surface area (Å²) in [5.74, 6) is 0.0288. The normalized spacial score (nSPS) is 16.3. The molecule has 0 unspecified atom stereocenters. The Balaban J connectivity index is 2.18. The molecule has 1 aromatic heterocycles. The molecule has 1 N–H and O–H groups in total. The molecule has 4 nitrogen and oxygen atoms in total. The summed E-state index contributed by atoms with van der Waals surface area (Å²) < 4.78 is 0. The van der Waals surface area contributed by atoms with Crippen molar-refractivity contribution < 1.29 is 4.79 Å². The highest BCUT2D eigenvalue weighted by Crippen LogP contribution is 2.20. The summed E-state index contributed by atoms with van der Waals surface area (Å²) >= 11 is 6.08. The lowest BCUT2D eigenvalue weighted by molar-refractivity contribution is 0.0642. The van der Waals surface area contributed by atoms with Crippen LogP contribution in [0.2, 0.25) is 5.02 Å². The maximum atomic E-state index is 12.6. The molecule has 1 fully saturated rings. The first kappa shape index (κ1) is 14.3. The Labute approximate surface area is 119 Å². The van der Waals surface area contributed by atoms with Crippen LogP contribution in [-0.4, -0.2) is 41.5 Å². The zero-order valence-electron chi connectivity index (χ0n) is 11.2. The molecule has 19 heavy (non-hydrogen) atoms. The van der Waals surface area contributed by atoms with Gasteiger partial charge in [-0.1, -0.05) is 18.5 Å². The SMILES string of the molecule is CCCN(C(=O)c1ccncc1Cl)C1CCNCC1. The minimum Gasteiger partial charge on any atom is -0.336 e. The van der Waals surface area contributed by atoms with Gasteiger partial charge in [0, 0.05) is 25.0 Å². The van der Waals surface area contributed by atoms with Gasteiger partial charge in [0.2, 0.25) is 0 Å². The first-order chi connectivity index (χ1) is 9.24. The fraction of sp³-hybridized carbons (Fsp3) is 0.571. The summed E-state index contributed by atoms with van der Waals surface area (Å²) in [6.45, 7) is 4.82. The molecular formula is C14H20ClN3O. The lowest BCUT2D eigenvalue weighted by atomic mass is 10.0. The Bertz CT molecular complexity index is 432. The summed E-state index contributed by atoms with van der Waals surface area (Å²) in [5, 5.41) is 3.76. The maximum Gasteiger partial charge on any atom is 0.255 e. The van der Waals surface area contributed by atoms with E-state index in [1.807, 2.05) is 4.90 Å². The van der Waals surface area contributed by atoms with Gasteiger partial charge >= 0.3 is 0 Å². The molecule has 1 aliphatic heterocycles. The Morgan fingerprint density at radius 2 is 2.26 bits per heavy atom. The number of nitrogens with zero attached hydrogens (tertiary/aromatic N) is 2. The second-order valence-electron chi connectivity index (χ2n) is 4.84. The van der Waals surface area contributed by atoms with Gasteiger partial charge in [0.15, 0.2) is 0 Å². The third-order valence-corrected chi connectivity index (χ3v) is 3.78. The van der Waals surface area contributed by atoms with E-state index in [0.717, 1.165) is 38.9 Å². The molecule has 0 spiro atoms. The smallest absolute Gasteiger partial charge is 0.255 e. The average Bonchev–Trinajstić information content (AvgIpc) is 2.45. The number of carbonyl (C=O) groups excluding carboxylic acids is 1. The van der Waals surface area contributed by atoms with Gasteiger partial charge in [0.1, 0.15) is 0 Å². The molecule has 2 heterocycles. The van der Waals surface area contributed by atoms with Gasteiger partial charge in [-0.2, -0.15) is 0 Å². The average molecular weight is 282 g/mol. The number of aromatic nitrogens is 1. The molecule has 1 aliphatic rings. The van der Waals surface area contributed by atoms with E-state index in [0.29, 0.717) is 16.6 Å². The van der Waals surface area contributed by atoms with Crippen LogP contribution in [0.15, 0.2) is 18.5 Å². The molecule has 1 amide bonds. The molecule has 0 aromatic carbocycles. The van der Waals surface area contributed by atoms with Crippen LogP contribution in [0.25, 0.3) is 0 Å². The van der Waals surface area contributed by atoms with Crippen LogP contribution in [0.4, 0.5) is 0 Å². The zero-order valence-corrected chi connectivity index (χ0v) is 12.0. The second-order valence-corrected chi connectivity index (χ2v) is 5.24. The van der Waals surface area contributed by atoms with Gasteiger partial charge in [0.05, 0.1) is 10.6 Å². The molecule has 1 saturated heterocycles. The number of pyridine rings is 1. The maximum absolute atomic E-state index is 12.6. The monoisotopic (exact) mass is 281 g/mol. The first-order valence-corrected chi connectivity index (χ1v) is 7.23. The Morgan fingerprint density at radius 3 is 2.89 bits per heavy atom. The summed E-state index contributed by atoms with van der Waals surface area (Å²) in [6.07, 6.45) is 6.12. The van der Waals surface area contributed by atoms with E-state index in [2.05, 4.69) is 17.2 Å². The predicted molar refractivity (Wildman–Crippen MR) is 76.5 cm³/mol. The van der Waals surface area contributed by atoms with E-state index in [1.54, 1.807) is 12.3 Å². The number of amides is 1. The first-order valence-electron chi connectivity index (χ1n) is 6.85. The second kappa shape index (κ2) is 6.87. The van der Waals surface area contributed by atoms with Crippen molar-refractivity contribution in [3.05, 3.63) is 29.0 Å². The lowest BCUT2D eigenvalue weighted by Gasteiger charge is -2.34. The fourth-order valence-electron chi connectivity index (χ4n) is 2.51. The highest BCUT2D eigenvalue weighted by Gasteiger charge is 2.26. The third kappa shape index (κ3) is 3.45. The van der Waals surface area contributed by atoms with Gasteiger partial charge < -0.3 is 10.2 Å². The van der Waals surface area contributed by atoms with Gasteiger partial charge in [-0.15, -0.1) is 0 Å². The largest absolute Gasteiger partial charge is 0.336 e. The number of halogens is 1. The van der Waals surface area contributed by atoms with Crippen molar-refractivity contribution in [1.82, 2.24) is 15.2 Å². The molecule has 5 heteroatoms. The highest BCUT2D eigenvalue weighted by atomic mass is 35.5. The van der Waals surface area contributed by atoms with Crippen molar-refractivity contribution in [1.29, 1.82) is 0 Å². The van der Waals surface area contributed by atoms with E-state index < -0.39 is 0 Å². The van der Waals surface area contributed by atoms with E-state index in [-0.39, 0.29) is 5.91 Å². The van der Waals surface area contributed by atoms with Crippen LogP contribution in [-0.2, 0) is 0 Å². The molecule has 0 bridgehead atoms. The summed E-state index contributed by atoms with van der Waals surface area (Å²) in [5.41, 5.74) is 0.559. The van der Waals surface area contributed by atoms with Gasteiger partial charge in [-0.25, -0.2) is 0 Å². The van der Waals surface area contributed by atoms with Crippen molar-refractivity contribution in [2.45, 2.75) is 32.2 Å². The number of hydrogen-bond acceptors (Lipinski definition) is 3. The molecule has 2 rings (SSSR count). The molecule has 0 aliphatic carbocycles. The molecule has 0 radical (unpaired) electrons. The van der Waals surface area contributed by atoms with E-state index >= 15 is 0 Å². The minimum atomic E-state index is 0.0288. The quantitative estimate of drug-likeness (QED) is 0.921. The molecule has 1 aromatic rings. The number of rotatable bonds is 4. The highest BCUT2D eigenvalue weighted by molar-refractivity contribution is 6.33. The summed E-state index contributed by atoms with van der Waals surface area (Å²) in [6, 6.07) is 2.02. The molecular weight excluding hydrogens is 262 g/mol. The summed E-state index contributed by atoms with van der Waals surface area (Å²) in [4.78, 5) is 18.6. The van der Waals surface area contributed by atoms with Crippen LogP contribution in [0.3, 0.4) is 0 Å². The minimum absolute atomic E-state index is 0.0288. The van der Waals surface area contributed by atoms with Crippen molar-refractivity contribution in [2.24, 2.45) is 0 Å². The zero-order chi connectivity index (χ0) is 13.7.